The van der Waals surface area contributed by atoms with Crippen LogP contribution in [0.15, 0.2) is 11.6 Å². The number of aromatic nitrogens is 2. The molecule has 21 heavy (non-hydrogen) atoms. The number of aliphatic hydroxyl groups excluding tert-OH is 1. The molecule has 0 atom stereocenters. The van der Waals surface area contributed by atoms with Crippen molar-refractivity contribution in [3.63, 3.8) is 0 Å². The molecule has 9 heteroatoms. The molecule has 2 aliphatic rings. The van der Waals surface area contributed by atoms with E-state index in [2.05, 4.69) is 21.0 Å². The van der Waals surface area contributed by atoms with Gasteiger partial charge in [0.05, 0.1) is 0 Å². The molecule has 0 radical (unpaired) electrons. The van der Waals surface area contributed by atoms with Crippen LogP contribution in [-0.4, -0.2) is 27.1 Å². The normalized spacial score (nSPS) is 20.9. The van der Waals surface area contributed by atoms with Crippen LogP contribution >= 0.6 is 11.3 Å². The SMILES string of the molecule is Cc1nnc(NNC2=C(O)OC3(CCCCC3)OC2=O)s1. The Kier molecular flexibility index (Phi) is 3.58. The quantitative estimate of drug-likeness (QED) is 0.572. The van der Waals surface area contributed by atoms with Crippen molar-refractivity contribution in [2.75, 3.05) is 5.43 Å². The Morgan fingerprint density at radius 3 is 2.57 bits per heavy atom. The second-order valence-corrected chi connectivity index (χ2v) is 6.20. The third-order valence-electron chi connectivity index (χ3n) is 3.42. The fourth-order valence-electron chi connectivity index (χ4n) is 2.42. The van der Waals surface area contributed by atoms with Gasteiger partial charge in [-0.2, -0.15) is 0 Å². The summed E-state index contributed by atoms with van der Waals surface area (Å²) >= 11 is 1.31. The van der Waals surface area contributed by atoms with Gasteiger partial charge in [0.25, 0.3) is 5.79 Å². The average molecular weight is 312 g/mol. The van der Waals surface area contributed by atoms with Crippen molar-refractivity contribution < 1.29 is 19.4 Å². The van der Waals surface area contributed by atoms with Gasteiger partial charge < -0.3 is 14.6 Å². The van der Waals surface area contributed by atoms with Crippen LogP contribution in [0.25, 0.3) is 0 Å². The maximum absolute atomic E-state index is 12.0. The first-order chi connectivity index (χ1) is 10.1. The first-order valence-electron chi connectivity index (χ1n) is 6.76. The molecule has 0 unspecified atom stereocenters. The first kappa shape index (κ1) is 13.9. The highest BCUT2D eigenvalue weighted by molar-refractivity contribution is 7.15. The summed E-state index contributed by atoms with van der Waals surface area (Å²) < 4.78 is 10.8. The zero-order valence-electron chi connectivity index (χ0n) is 11.5. The van der Waals surface area contributed by atoms with Gasteiger partial charge in [-0.3, -0.25) is 10.9 Å². The fourth-order valence-corrected chi connectivity index (χ4v) is 2.96. The van der Waals surface area contributed by atoms with Crippen LogP contribution in [0.4, 0.5) is 5.13 Å². The number of anilines is 1. The maximum Gasteiger partial charge on any atom is 0.367 e. The van der Waals surface area contributed by atoms with E-state index >= 15 is 0 Å². The summed E-state index contributed by atoms with van der Waals surface area (Å²) in [5.41, 5.74) is 5.08. The summed E-state index contributed by atoms with van der Waals surface area (Å²) in [6.45, 7) is 1.81. The smallest absolute Gasteiger partial charge is 0.367 e. The molecule has 114 valence electrons. The van der Waals surface area contributed by atoms with Gasteiger partial charge in [0.2, 0.25) is 10.8 Å². The van der Waals surface area contributed by atoms with Crippen molar-refractivity contribution in [1.29, 1.82) is 0 Å². The highest BCUT2D eigenvalue weighted by atomic mass is 32.1. The molecular formula is C12H16N4O4S. The van der Waals surface area contributed by atoms with Crippen molar-refractivity contribution in [3.8, 4) is 0 Å². The number of aliphatic hydroxyl groups is 1. The molecule has 1 aromatic heterocycles. The van der Waals surface area contributed by atoms with Gasteiger partial charge in [-0.15, -0.1) is 10.2 Å². The third-order valence-corrected chi connectivity index (χ3v) is 4.17. The monoisotopic (exact) mass is 312 g/mol. The van der Waals surface area contributed by atoms with Crippen molar-refractivity contribution in [2.24, 2.45) is 0 Å². The second kappa shape index (κ2) is 5.40. The van der Waals surface area contributed by atoms with Crippen LogP contribution in [0.1, 0.15) is 37.1 Å². The van der Waals surface area contributed by atoms with E-state index in [-0.39, 0.29) is 5.70 Å². The minimum atomic E-state index is -1.01. The van der Waals surface area contributed by atoms with Gasteiger partial charge in [-0.25, -0.2) is 4.79 Å². The molecule has 1 saturated carbocycles. The summed E-state index contributed by atoms with van der Waals surface area (Å²) in [6.07, 6.45) is 4.09. The zero-order chi connectivity index (χ0) is 14.9. The van der Waals surface area contributed by atoms with Crippen LogP contribution < -0.4 is 10.9 Å². The van der Waals surface area contributed by atoms with E-state index in [1.54, 1.807) is 0 Å². The van der Waals surface area contributed by atoms with Gasteiger partial charge in [0.1, 0.15) is 5.01 Å². The summed E-state index contributed by atoms with van der Waals surface area (Å²) in [5, 5.41) is 18.9. The molecule has 1 fully saturated rings. The minimum Gasteiger partial charge on any atom is -0.479 e. The highest BCUT2D eigenvalue weighted by Crippen LogP contribution is 2.37. The summed E-state index contributed by atoms with van der Waals surface area (Å²) in [5.74, 6) is -2.11. The average Bonchev–Trinajstić information content (AvgIpc) is 2.84. The van der Waals surface area contributed by atoms with E-state index in [1.807, 2.05) is 6.92 Å². The predicted octanol–water partition coefficient (Wildman–Crippen LogP) is 1.72. The number of carbonyl (C=O) groups excluding carboxylic acids is 1. The van der Waals surface area contributed by atoms with E-state index in [0.717, 1.165) is 24.3 Å². The molecule has 0 amide bonds. The Morgan fingerprint density at radius 2 is 1.95 bits per heavy atom. The molecular weight excluding hydrogens is 296 g/mol. The number of carbonyl (C=O) groups is 1. The minimum absolute atomic E-state index is 0.168. The van der Waals surface area contributed by atoms with E-state index in [0.29, 0.717) is 18.0 Å². The molecule has 1 spiro atoms. The van der Waals surface area contributed by atoms with Crippen LogP contribution in [-0.2, 0) is 14.3 Å². The van der Waals surface area contributed by atoms with Crippen LogP contribution in [0.5, 0.6) is 0 Å². The molecule has 1 aliphatic carbocycles. The lowest BCUT2D eigenvalue weighted by Gasteiger charge is -2.38. The van der Waals surface area contributed by atoms with E-state index < -0.39 is 17.7 Å². The lowest BCUT2D eigenvalue weighted by atomic mass is 9.93. The van der Waals surface area contributed by atoms with Gasteiger partial charge >= 0.3 is 11.9 Å². The van der Waals surface area contributed by atoms with Crippen molar-refractivity contribution >= 4 is 22.4 Å². The van der Waals surface area contributed by atoms with Gasteiger partial charge in [-0.05, 0) is 19.8 Å². The van der Waals surface area contributed by atoms with Gasteiger partial charge in [0, 0.05) is 12.8 Å². The maximum atomic E-state index is 12.0. The van der Waals surface area contributed by atoms with Crippen molar-refractivity contribution in [3.05, 3.63) is 16.6 Å². The number of hydrazine groups is 1. The van der Waals surface area contributed by atoms with Crippen molar-refractivity contribution in [2.45, 2.75) is 44.8 Å². The van der Waals surface area contributed by atoms with E-state index in [9.17, 15) is 9.90 Å². The van der Waals surface area contributed by atoms with Gasteiger partial charge in [0.15, 0.2) is 0 Å². The third kappa shape index (κ3) is 2.87. The molecule has 1 aromatic rings. The van der Waals surface area contributed by atoms with Crippen molar-refractivity contribution in [1.82, 2.24) is 15.6 Å². The number of hydrogen-bond donors (Lipinski definition) is 3. The number of nitrogens with zero attached hydrogens (tertiary/aromatic N) is 2. The Balaban J connectivity index is 1.69. The summed E-state index contributed by atoms with van der Waals surface area (Å²) in [6, 6.07) is 0. The Hall–Kier alpha value is -2.03. The standard InChI is InChI=1S/C12H16N4O4S/c1-7-13-15-11(21-7)16-14-8-9(17)19-12(20-10(8)18)5-3-2-4-6-12/h14,17H,2-6H2,1H3,(H,15,16). The topological polar surface area (TPSA) is 106 Å². The number of ether oxygens (including phenoxy) is 2. The van der Waals surface area contributed by atoms with Crippen LogP contribution in [0.3, 0.4) is 0 Å². The van der Waals surface area contributed by atoms with Gasteiger partial charge in [-0.1, -0.05) is 17.8 Å². The highest BCUT2D eigenvalue weighted by Gasteiger charge is 2.45. The lowest BCUT2D eigenvalue weighted by Crippen LogP contribution is -2.46. The van der Waals surface area contributed by atoms with E-state index in [1.165, 1.54) is 11.3 Å². The summed E-state index contributed by atoms with van der Waals surface area (Å²) in [7, 11) is 0. The molecule has 0 saturated heterocycles. The zero-order valence-corrected chi connectivity index (χ0v) is 12.3. The first-order valence-corrected chi connectivity index (χ1v) is 7.57. The molecule has 8 nitrogen and oxygen atoms in total. The summed E-state index contributed by atoms with van der Waals surface area (Å²) in [4.78, 5) is 12.0. The molecule has 2 heterocycles. The number of rotatable bonds is 3. The Bertz CT molecular complexity index is 580. The molecule has 0 bridgehead atoms. The predicted molar refractivity (Wildman–Crippen MR) is 74.1 cm³/mol. The largest absolute Gasteiger partial charge is 0.479 e. The number of aryl methyl sites for hydroxylation is 1. The second-order valence-electron chi connectivity index (χ2n) is 5.02. The number of hydrogen-bond acceptors (Lipinski definition) is 9. The Labute approximate surface area is 125 Å². The van der Waals surface area contributed by atoms with Crippen LogP contribution in [0, 0.1) is 6.92 Å². The fraction of sp³-hybridized carbons (Fsp3) is 0.583. The van der Waals surface area contributed by atoms with E-state index in [4.69, 9.17) is 9.47 Å². The Morgan fingerprint density at radius 1 is 1.19 bits per heavy atom. The van der Waals surface area contributed by atoms with Crippen LogP contribution in [0.2, 0.25) is 0 Å². The molecule has 3 rings (SSSR count). The molecule has 1 aliphatic heterocycles. The number of nitrogens with one attached hydrogen (secondary N) is 2. The lowest BCUT2D eigenvalue weighted by molar-refractivity contribution is -0.250. The molecule has 3 N–H and O–H groups in total. The number of esters is 1. The molecule has 0 aromatic carbocycles.